The Kier molecular flexibility index (Phi) is 5.37. The highest BCUT2D eigenvalue weighted by molar-refractivity contribution is 7.20. The van der Waals surface area contributed by atoms with Crippen LogP contribution in [0.1, 0.15) is 51.1 Å². The summed E-state index contributed by atoms with van der Waals surface area (Å²) in [4.78, 5) is 0. The SMILES string of the molecule is CCNC(c1cc(Cl)sc1Cl)C1CCC(C)CC1. The number of thiophene rings is 1. The van der Waals surface area contributed by atoms with E-state index in [4.69, 9.17) is 23.2 Å². The second-order valence-electron chi connectivity index (χ2n) is 5.33. The Morgan fingerprint density at radius 1 is 1.33 bits per heavy atom. The Labute approximate surface area is 124 Å². The Balaban J connectivity index is 2.15. The van der Waals surface area contributed by atoms with E-state index in [0.717, 1.165) is 21.1 Å². The Hall–Kier alpha value is 0.240. The predicted octanol–water partition coefficient (Wildman–Crippen LogP) is 5.53. The van der Waals surface area contributed by atoms with Gasteiger partial charge in [-0.25, -0.2) is 0 Å². The maximum absolute atomic E-state index is 6.32. The smallest absolute Gasteiger partial charge is 0.0992 e. The molecule has 102 valence electrons. The Morgan fingerprint density at radius 3 is 2.50 bits per heavy atom. The minimum absolute atomic E-state index is 0.374. The van der Waals surface area contributed by atoms with E-state index < -0.39 is 0 Å². The summed E-state index contributed by atoms with van der Waals surface area (Å²) in [6.07, 6.45) is 5.26. The molecule has 0 bridgehead atoms. The van der Waals surface area contributed by atoms with Crippen LogP contribution in [0.4, 0.5) is 0 Å². The van der Waals surface area contributed by atoms with Crippen molar-refractivity contribution in [2.24, 2.45) is 11.8 Å². The molecule has 1 N–H and O–H groups in total. The Bertz CT molecular complexity index is 383. The van der Waals surface area contributed by atoms with Gasteiger partial charge in [0.25, 0.3) is 0 Å². The lowest BCUT2D eigenvalue weighted by Gasteiger charge is -2.33. The van der Waals surface area contributed by atoms with Crippen molar-refractivity contribution in [1.29, 1.82) is 0 Å². The highest BCUT2D eigenvalue weighted by Gasteiger charge is 2.28. The van der Waals surface area contributed by atoms with E-state index in [-0.39, 0.29) is 0 Å². The van der Waals surface area contributed by atoms with Crippen LogP contribution in [0, 0.1) is 11.8 Å². The molecule has 0 saturated heterocycles. The van der Waals surface area contributed by atoms with Gasteiger partial charge < -0.3 is 5.32 Å². The molecule has 1 aliphatic carbocycles. The van der Waals surface area contributed by atoms with Gasteiger partial charge in [0.05, 0.1) is 8.67 Å². The molecule has 4 heteroatoms. The van der Waals surface area contributed by atoms with Crippen LogP contribution < -0.4 is 5.32 Å². The lowest BCUT2D eigenvalue weighted by atomic mass is 9.78. The summed E-state index contributed by atoms with van der Waals surface area (Å²) in [6.45, 7) is 5.48. The molecule has 0 amide bonds. The van der Waals surface area contributed by atoms with Gasteiger partial charge in [0.15, 0.2) is 0 Å². The third-order valence-corrected chi connectivity index (χ3v) is 5.49. The van der Waals surface area contributed by atoms with Gasteiger partial charge in [-0.1, -0.05) is 49.9 Å². The van der Waals surface area contributed by atoms with Gasteiger partial charge in [0, 0.05) is 11.6 Å². The first-order valence-electron chi connectivity index (χ1n) is 6.80. The van der Waals surface area contributed by atoms with Crippen molar-refractivity contribution < 1.29 is 0 Å². The van der Waals surface area contributed by atoms with Crippen LogP contribution >= 0.6 is 34.5 Å². The number of rotatable bonds is 4. The van der Waals surface area contributed by atoms with Crippen LogP contribution in [-0.4, -0.2) is 6.54 Å². The lowest BCUT2D eigenvalue weighted by Crippen LogP contribution is -2.30. The Morgan fingerprint density at radius 2 is 2.00 bits per heavy atom. The standard InChI is InChI=1S/C14H21Cl2NS/c1-3-17-13(10-6-4-9(2)5-7-10)11-8-12(15)18-14(11)16/h8-10,13,17H,3-7H2,1-2H3. The minimum Gasteiger partial charge on any atom is -0.310 e. The van der Waals surface area contributed by atoms with E-state index in [0.29, 0.717) is 12.0 Å². The number of hydrogen-bond donors (Lipinski definition) is 1. The molecule has 0 radical (unpaired) electrons. The maximum Gasteiger partial charge on any atom is 0.0992 e. The number of hydrogen-bond acceptors (Lipinski definition) is 2. The zero-order valence-electron chi connectivity index (χ0n) is 11.0. The minimum atomic E-state index is 0.374. The molecule has 2 rings (SSSR count). The van der Waals surface area contributed by atoms with Crippen molar-refractivity contribution in [1.82, 2.24) is 5.32 Å². The maximum atomic E-state index is 6.32. The van der Waals surface area contributed by atoms with Crippen LogP contribution in [0.3, 0.4) is 0 Å². The molecule has 1 saturated carbocycles. The predicted molar refractivity (Wildman–Crippen MR) is 81.9 cm³/mol. The molecule has 1 unspecified atom stereocenters. The van der Waals surface area contributed by atoms with Crippen LogP contribution in [0.25, 0.3) is 0 Å². The number of halogens is 2. The summed E-state index contributed by atoms with van der Waals surface area (Å²) in [5.74, 6) is 1.58. The molecule has 0 aromatic carbocycles. The van der Waals surface area contributed by atoms with E-state index in [1.807, 2.05) is 6.07 Å². The van der Waals surface area contributed by atoms with Crippen molar-refractivity contribution in [2.45, 2.75) is 45.6 Å². The lowest BCUT2D eigenvalue weighted by molar-refractivity contribution is 0.233. The van der Waals surface area contributed by atoms with E-state index in [1.165, 1.54) is 42.6 Å². The fourth-order valence-electron chi connectivity index (χ4n) is 2.93. The molecule has 1 fully saturated rings. The van der Waals surface area contributed by atoms with Gasteiger partial charge >= 0.3 is 0 Å². The normalized spacial score (nSPS) is 26.2. The van der Waals surface area contributed by atoms with Crippen molar-refractivity contribution in [3.63, 3.8) is 0 Å². The highest BCUT2D eigenvalue weighted by atomic mass is 35.5. The van der Waals surface area contributed by atoms with Gasteiger partial charge in [-0.15, -0.1) is 11.3 Å². The zero-order valence-corrected chi connectivity index (χ0v) is 13.3. The average Bonchev–Trinajstić information content (AvgIpc) is 2.67. The molecule has 1 aliphatic rings. The summed E-state index contributed by atoms with van der Waals surface area (Å²) < 4.78 is 1.65. The number of nitrogens with one attached hydrogen (secondary N) is 1. The fraction of sp³-hybridized carbons (Fsp3) is 0.714. The van der Waals surface area contributed by atoms with Gasteiger partial charge in [-0.3, -0.25) is 0 Å². The monoisotopic (exact) mass is 305 g/mol. The second kappa shape index (κ2) is 6.60. The largest absolute Gasteiger partial charge is 0.310 e. The summed E-state index contributed by atoms with van der Waals surface area (Å²) in [6, 6.07) is 2.42. The van der Waals surface area contributed by atoms with Crippen LogP contribution in [0.2, 0.25) is 8.67 Å². The summed E-state index contributed by atoms with van der Waals surface area (Å²) in [5, 5.41) is 3.60. The molecular weight excluding hydrogens is 285 g/mol. The quantitative estimate of drug-likeness (QED) is 0.771. The molecular formula is C14H21Cl2NS. The first-order chi connectivity index (χ1) is 8.61. The molecule has 1 nitrogen and oxygen atoms in total. The van der Waals surface area contributed by atoms with Crippen LogP contribution in [0.15, 0.2) is 6.07 Å². The van der Waals surface area contributed by atoms with Gasteiger partial charge in [0.2, 0.25) is 0 Å². The van der Waals surface area contributed by atoms with Gasteiger partial charge in [0.1, 0.15) is 0 Å². The van der Waals surface area contributed by atoms with Crippen LogP contribution in [0.5, 0.6) is 0 Å². The topological polar surface area (TPSA) is 12.0 Å². The van der Waals surface area contributed by atoms with E-state index >= 15 is 0 Å². The summed E-state index contributed by atoms with van der Waals surface area (Å²) in [5.41, 5.74) is 1.20. The van der Waals surface area contributed by atoms with Crippen molar-refractivity contribution in [3.8, 4) is 0 Å². The van der Waals surface area contributed by atoms with Gasteiger partial charge in [-0.05, 0) is 37.3 Å². The third-order valence-electron chi connectivity index (χ3n) is 3.97. The fourth-order valence-corrected chi connectivity index (χ4v) is 4.48. The average molecular weight is 306 g/mol. The summed E-state index contributed by atoms with van der Waals surface area (Å²) >= 11 is 13.9. The van der Waals surface area contributed by atoms with Gasteiger partial charge in [-0.2, -0.15) is 0 Å². The molecule has 18 heavy (non-hydrogen) atoms. The van der Waals surface area contributed by atoms with E-state index in [9.17, 15) is 0 Å². The first kappa shape index (κ1) is 14.6. The van der Waals surface area contributed by atoms with Crippen molar-refractivity contribution in [3.05, 3.63) is 20.3 Å². The molecule has 1 heterocycles. The molecule has 0 spiro atoms. The highest BCUT2D eigenvalue weighted by Crippen LogP contribution is 2.42. The molecule has 1 aromatic heterocycles. The first-order valence-corrected chi connectivity index (χ1v) is 8.37. The van der Waals surface area contributed by atoms with E-state index in [1.54, 1.807) is 0 Å². The second-order valence-corrected chi connectivity index (χ2v) is 7.62. The molecule has 1 atom stereocenters. The molecule has 1 aromatic rings. The molecule has 0 aliphatic heterocycles. The van der Waals surface area contributed by atoms with Crippen molar-refractivity contribution in [2.75, 3.05) is 6.54 Å². The zero-order chi connectivity index (χ0) is 13.1. The summed E-state index contributed by atoms with van der Waals surface area (Å²) in [7, 11) is 0. The van der Waals surface area contributed by atoms with E-state index in [2.05, 4.69) is 19.2 Å². The van der Waals surface area contributed by atoms with Crippen molar-refractivity contribution >= 4 is 34.5 Å². The third kappa shape index (κ3) is 3.41. The van der Waals surface area contributed by atoms with Crippen LogP contribution in [-0.2, 0) is 0 Å².